The van der Waals surface area contributed by atoms with E-state index in [-0.39, 0.29) is 6.04 Å². The van der Waals surface area contributed by atoms with Crippen molar-refractivity contribution in [1.82, 2.24) is 5.32 Å². The number of halogens is 1. The van der Waals surface area contributed by atoms with Crippen molar-refractivity contribution < 1.29 is 9.15 Å². The molecular weight excluding hydrogens is 262 g/mol. The molecule has 1 aromatic heterocycles. The van der Waals surface area contributed by atoms with Gasteiger partial charge in [0.1, 0.15) is 11.5 Å². The Kier molecular flexibility index (Phi) is 3.49. The quantitative estimate of drug-likeness (QED) is 0.930. The van der Waals surface area contributed by atoms with Gasteiger partial charge in [0.05, 0.1) is 18.9 Å². The second-order valence-electron chi connectivity index (χ2n) is 4.71. The maximum absolute atomic E-state index is 6.18. The van der Waals surface area contributed by atoms with Gasteiger partial charge >= 0.3 is 0 Å². The van der Waals surface area contributed by atoms with E-state index in [1.165, 1.54) is 5.56 Å². The molecule has 1 N–H and O–H groups in total. The zero-order chi connectivity index (χ0) is 13.2. The highest BCUT2D eigenvalue weighted by Gasteiger charge is 2.21. The standard InChI is InChI=1S/C15H16ClNO2/c1-17-13(14-3-2-5-18-14)9-11-8-12(16)7-10-4-6-19-15(10)11/h2-3,5,7-8,13,17H,4,6,9H2,1H3. The second-order valence-corrected chi connectivity index (χ2v) is 5.15. The molecule has 0 amide bonds. The summed E-state index contributed by atoms with van der Waals surface area (Å²) in [5, 5.41) is 4.04. The Hall–Kier alpha value is -1.45. The first-order chi connectivity index (χ1) is 9.28. The van der Waals surface area contributed by atoms with Crippen molar-refractivity contribution in [3.05, 3.63) is 52.4 Å². The summed E-state index contributed by atoms with van der Waals surface area (Å²) in [6, 6.07) is 7.99. The third-order valence-electron chi connectivity index (χ3n) is 3.48. The van der Waals surface area contributed by atoms with E-state index in [0.29, 0.717) is 0 Å². The molecule has 3 rings (SSSR count). The molecule has 4 heteroatoms. The number of rotatable bonds is 4. The van der Waals surface area contributed by atoms with Crippen LogP contribution in [0, 0.1) is 0 Å². The van der Waals surface area contributed by atoms with Gasteiger partial charge in [-0.1, -0.05) is 11.6 Å². The van der Waals surface area contributed by atoms with Gasteiger partial charge in [-0.15, -0.1) is 0 Å². The molecule has 1 aliphatic rings. The maximum Gasteiger partial charge on any atom is 0.125 e. The molecule has 0 fully saturated rings. The lowest BCUT2D eigenvalue weighted by atomic mass is 10.0. The molecule has 1 unspecified atom stereocenters. The first-order valence-electron chi connectivity index (χ1n) is 6.42. The molecule has 0 saturated carbocycles. The van der Waals surface area contributed by atoms with Crippen LogP contribution >= 0.6 is 11.6 Å². The van der Waals surface area contributed by atoms with Gasteiger partial charge in [0.15, 0.2) is 0 Å². The van der Waals surface area contributed by atoms with Gasteiger partial charge in [-0.25, -0.2) is 0 Å². The molecule has 2 heterocycles. The minimum Gasteiger partial charge on any atom is -0.493 e. The van der Waals surface area contributed by atoms with Gasteiger partial charge in [0.25, 0.3) is 0 Å². The smallest absolute Gasteiger partial charge is 0.125 e. The molecule has 1 aromatic carbocycles. The Labute approximate surface area is 117 Å². The van der Waals surface area contributed by atoms with E-state index in [9.17, 15) is 0 Å². The lowest BCUT2D eigenvalue weighted by molar-refractivity contribution is 0.350. The first-order valence-corrected chi connectivity index (χ1v) is 6.80. The number of hydrogen-bond donors (Lipinski definition) is 1. The van der Waals surface area contributed by atoms with Crippen molar-refractivity contribution in [1.29, 1.82) is 0 Å². The van der Waals surface area contributed by atoms with Gasteiger partial charge in [0, 0.05) is 11.4 Å². The molecule has 1 atom stereocenters. The Bertz CT molecular complexity index is 566. The van der Waals surface area contributed by atoms with Crippen LogP contribution in [0.1, 0.15) is 22.9 Å². The van der Waals surface area contributed by atoms with Crippen molar-refractivity contribution >= 4 is 11.6 Å². The average Bonchev–Trinajstić information content (AvgIpc) is 3.05. The summed E-state index contributed by atoms with van der Waals surface area (Å²) in [6.07, 6.45) is 3.43. The average molecular weight is 278 g/mol. The third kappa shape index (κ3) is 2.48. The molecular formula is C15H16ClNO2. The van der Waals surface area contributed by atoms with Crippen LogP contribution in [0.3, 0.4) is 0 Å². The minimum absolute atomic E-state index is 0.127. The number of fused-ring (bicyclic) bond motifs is 1. The van der Waals surface area contributed by atoms with Crippen LogP contribution < -0.4 is 10.1 Å². The number of nitrogens with one attached hydrogen (secondary N) is 1. The summed E-state index contributed by atoms with van der Waals surface area (Å²) in [6.45, 7) is 0.744. The van der Waals surface area contributed by atoms with Gasteiger partial charge in [-0.3, -0.25) is 0 Å². The summed E-state index contributed by atoms with van der Waals surface area (Å²) >= 11 is 6.18. The molecule has 3 nitrogen and oxygen atoms in total. The second kappa shape index (κ2) is 5.27. The van der Waals surface area contributed by atoms with Crippen LogP contribution in [0.2, 0.25) is 5.02 Å². The van der Waals surface area contributed by atoms with Crippen LogP contribution in [0.4, 0.5) is 0 Å². The van der Waals surface area contributed by atoms with E-state index in [1.54, 1.807) is 6.26 Å². The highest BCUT2D eigenvalue weighted by molar-refractivity contribution is 6.30. The van der Waals surface area contributed by atoms with Gasteiger partial charge in [-0.05, 0) is 48.9 Å². The fourth-order valence-electron chi connectivity index (χ4n) is 2.55. The minimum atomic E-state index is 0.127. The number of hydrogen-bond acceptors (Lipinski definition) is 3. The van der Waals surface area contributed by atoms with Crippen LogP contribution in [0.5, 0.6) is 5.75 Å². The van der Waals surface area contributed by atoms with E-state index < -0.39 is 0 Å². The molecule has 0 bridgehead atoms. The van der Waals surface area contributed by atoms with Gasteiger partial charge in [0.2, 0.25) is 0 Å². The van der Waals surface area contributed by atoms with E-state index in [4.69, 9.17) is 20.8 Å². The van der Waals surface area contributed by atoms with Crippen LogP contribution in [-0.2, 0) is 12.8 Å². The zero-order valence-corrected chi connectivity index (χ0v) is 11.5. The summed E-state index contributed by atoms with van der Waals surface area (Å²) < 4.78 is 11.2. The fraction of sp³-hybridized carbons (Fsp3) is 0.333. The maximum atomic E-state index is 6.18. The predicted octanol–water partition coefficient (Wildman–Crippen LogP) is 3.37. The van der Waals surface area contributed by atoms with Gasteiger partial charge < -0.3 is 14.5 Å². The number of benzene rings is 1. The molecule has 100 valence electrons. The summed E-state index contributed by atoms with van der Waals surface area (Å²) in [5.41, 5.74) is 2.34. The Balaban J connectivity index is 1.90. The van der Waals surface area contributed by atoms with E-state index in [1.807, 2.05) is 31.3 Å². The number of furan rings is 1. The monoisotopic (exact) mass is 277 g/mol. The molecule has 0 radical (unpaired) electrons. The van der Waals surface area contributed by atoms with E-state index in [2.05, 4.69) is 5.32 Å². The van der Waals surface area contributed by atoms with Crippen molar-refractivity contribution in [2.24, 2.45) is 0 Å². The number of likely N-dealkylation sites (N-methyl/N-ethyl adjacent to an activating group) is 1. The van der Waals surface area contributed by atoms with Crippen molar-refractivity contribution in [2.45, 2.75) is 18.9 Å². The van der Waals surface area contributed by atoms with Crippen LogP contribution in [0.25, 0.3) is 0 Å². The predicted molar refractivity (Wildman–Crippen MR) is 74.9 cm³/mol. The molecule has 0 aliphatic carbocycles. The molecule has 2 aromatic rings. The number of ether oxygens (including phenoxy) is 1. The highest BCUT2D eigenvalue weighted by atomic mass is 35.5. The summed E-state index contributed by atoms with van der Waals surface area (Å²) in [5.74, 6) is 1.92. The largest absolute Gasteiger partial charge is 0.493 e. The van der Waals surface area contributed by atoms with E-state index >= 15 is 0 Å². The van der Waals surface area contributed by atoms with Gasteiger partial charge in [-0.2, -0.15) is 0 Å². The lowest BCUT2D eigenvalue weighted by Crippen LogP contribution is -2.18. The van der Waals surface area contributed by atoms with Crippen LogP contribution in [-0.4, -0.2) is 13.7 Å². The van der Waals surface area contributed by atoms with Crippen LogP contribution in [0.15, 0.2) is 34.9 Å². The summed E-state index contributed by atoms with van der Waals surface area (Å²) in [4.78, 5) is 0. The SMILES string of the molecule is CNC(Cc1cc(Cl)cc2c1OCC2)c1ccco1. The Morgan fingerprint density at radius 2 is 2.32 bits per heavy atom. The fourth-order valence-corrected chi connectivity index (χ4v) is 2.82. The molecule has 0 spiro atoms. The topological polar surface area (TPSA) is 34.4 Å². The Morgan fingerprint density at radius 1 is 1.42 bits per heavy atom. The Morgan fingerprint density at radius 3 is 3.05 bits per heavy atom. The molecule has 0 saturated heterocycles. The van der Waals surface area contributed by atoms with E-state index in [0.717, 1.165) is 41.5 Å². The normalized spacial score (nSPS) is 15.1. The summed E-state index contributed by atoms with van der Waals surface area (Å²) in [7, 11) is 1.93. The molecule has 1 aliphatic heterocycles. The molecule has 19 heavy (non-hydrogen) atoms. The van der Waals surface area contributed by atoms with Crippen molar-refractivity contribution in [2.75, 3.05) is 13.7 Å². The third-order valence-corrected chi connectivity index (χ3v) is 3.70. The lowest BCUT2D eigenvalue weighted by Gasteiger charge is -2.16. The van der Waals surface area contributed by atoms with Crippen molar-refractivity contribution in [3.63, 3.8) is 0 Å². The first kappa shape index (κ1) is 12.6. The zero-order valence-electron chi connectivity index (χ0n) is 10.8. The highest BCUT2D eigenvalue weighted by Crippen LogP contribution is 2.35. The van der Waals surface area contributed by atoms with Crippen molar-refractivity contribution in [3.8, 4) is 5.75 Å².